The molecule has 1 amide bonds. The first-order valence-corrected chi connectivity index (χ1v) is 6.72. The Balaban J connectivity index is 2.64. The molecule has 1 aromatic rings. The lowest BCUT2D eigenvalue weighted by atomic mass is 9.98. The summed E-state index contributed by atoms with van der Waals surface area (Å²) < 4.78 is 5.48. The molecule has 0 radical (unpaired) electrons. The number of rotatable bonds is 2. The maximum absolute atomic E-state index is 11.6. The van der Waals surface area contributed by atoms with E-state index in [9.17, 15) is 10.1 Å². The average Bonchev–Trinajstić information content (AvgIpc) is 2.55. The van der Waals surface area contributed by atoms with E-state index in [0.29, 0.717) is 22.7 Å². The maximum Gasteiger partial charge on any atom is 0.262 e. The molecule has 0 unspecified atom stereocenters. The minimum Gasteiger partial charge on any atom is -0.481 e. The summed E-state index contributed by atoms with van der Waals surface area (Å²) in [5.74, 6) is 0.328. The van der Waals surface area contributed by atoms with E-state index >= 15 is 0 Å². The summed E-state index contributed by atoms with van der Waals surface area (Å²) in [5, 5.41) is 32.6. The number of hydrogen-bond acceptors (Lipinski definition) is 6. The van der Waals surface area contributed by atoms with Gasteiger partial charge < -0.3 is 15.4 Å². The molecule has 0 fully saturated rings. The Morgan fingerprint density at radius 2 is 1.74 bits per heavy atom. The van der Waals surface area contributed by atoms with Gasteiger partial charge in [0, 0.05) is 11.3 Å². The van der Waals surface area contributed by atoms with E-state index in [1.165, 1.54) is 0 Å². The number of anilines is 2. The Morgan fingerprint density at radius 3 is 2.30 bits per heavy atom. The van der Waals surface area contributed by atoms with Gasteiger partial charge in [-0.15, -0.1) is 0 Å². The molecule has 1 heterocycles. The topological polar surface area (TPSA) is 122 Å². The summed E-state index contributed by atoms with van der Waals surface area (Å²) in [4.78, 5) is 11.6. The highest BCUT2D eigenvalue weighted by Crippen LogP contribution is 2.42. The van der Waals surface area contributed by atoms with Crippen molar-refractivity contribution in [2.45, 2.75) is 20.8 Å². The van der Waals surface area contributed by atoms with Crippen molar-refractivity contribution in [2.24, 2.45) is 0 Å². The van der Waals surface area contributed by atoms with Gasteiger partial charge in [-0.3, -0.25) is 4.79 Å². The highest BCUT2D eigenvalue weighted by molar-refractivity contribution is 5.98. The van der Waals surface area contributed by atoms with Crippen LogP contribution in [0.25, 0.3) is 0 Å². The number of fused-ring (bicyclic) bond motifs is 1. The Bertz CT molecular complexity index is 847. The summed E-state index contributed by atoms with van der Waals surface area (Å²) in [6.45, 7) is 5.38. The van der Waals surface area contributed by atoms with Gasteiger partial charge >= 0.3 is 0 Å². The van der Waals surface area contributed by atoms with Crippen LogP contribution in [-0.2, 0) is 4.79 Å². The highest BCUT2D eigenvalue weighted by atomic mass is 16.5. The molecule has 1 aliphatic heterocycles. The zero-order chi connectivity index (χ0) is 17.1. The molecule has 0 spiro atoms. The van der Waals surface area contributed by atoms with Crippen LogP contribution in [-0.4, -0.2) is 12.5 Å². The summed E-state index contributed by atoms with van der Waals surface area (Å²) in [5.41, 5.74) is 2.93. The predicted octanol–water partition coefficient (Wildman–Crippen LogP) is 2.18. The van der Waals surface area contributed by atoms with Crippen LogP contribution in [0, 0.1) is 54.8 Å². The fourth-order valence-corrected chi connectivity index (χ4v) is 2.36. The van der Waals surface area contributed by atoms with Crippen molar-refractivity contribution in [1.82, 2.24) is 0 Å². The van der Waals surface area contributed by atoms with E-state index < -0.39 is 0 Å². The third-order valence-corrected chi connectivity index (χ3v) is 3.70. The van der Waals surface area contributed by atoms with Gasteiger partial charge in [0.25, 0.3) is 5.91 Å². The molecule has 0 atom stereocenters. The normalized spacial score (nSPS) is 11.7. The molecule has 0 aliphatic carbocycles. The van der Waals surface area contributed by atoms with Crippen molar-refractivity contribution in [3.05, 3.63) is 28.0 Å². The monoisotopic (exact) mass is 307 g/mol. The molecular weight excluding hydrogens is 294 g/mol. The van der Waals surface area contributed by atoms with E-state index in [4.69, 9.17) is 15.3 Å². The van der Waals surface area contributed by atoms with Crippen LogP contribution in [0.1, 0.15) is 16.7 Å². The summed E-state index contributed by atoms with van der Waals surface area (Å²) in [7, 11) is 0. The van der Waals surface area contributed by atoms with E-state index in [0.717, 1.165) is 11.1 Å². The number of nitrogens with one attached hydrogen (secondary N) is 2. The van der Waals surface area contributed by atoms with Crippen LogP contribution in [0.3, 0.4) is 0 Å². The lowest BCUT2D eigenvalue weighted by Gasteiger charge is -2.26. The molecule has 0 aromatic heterocycles. The van der Waals surface area contributed by atoms with Crippen LogP contribution >= 0.6 is 0 Å². The Kier molecular flexibility index (Phi) is 4.21. The molecule has 23 heavy (non-hydrogen) atoms. The van der Waals surface area contributed by atoms with Gasteiger partial charge in [0.1, 0.15) is 29.7 Å². The van der Waals surface area contributed by atoms with E-state index in [1.54, 1.807) is 19.1 Å². The van der Waals surface area contributed by atoms with Gasteiger partial charge in [-0.1, -0.05) is 0 Å². The molecular formula is C16H13N5O2. The predicted molar refractivity (Wildman–Crippen MR) is 82.3 cm³/mol. The average molecular weight is 307 g/mol. The molecule has 0 saturated carbocycles. The number of ether oxygens (including phenoxy) is 1. The number of hydrogen-bond donors (Lipinski definition) is 2. The largest absolute Gasteiger partial charge is 0.481 e. The second-order valence-electron chi connectivity index (χ2n) is 5.00. The molecule has 2 rings (SSSR count). The molecule has 0 saturated heterocycles. The SMILES string of the molecule is Cc1c(C)c2c(c(C)c1NC(C#N)=C(C#N)C#N)NC(=O)CO2. The van der Waals surface area contributed by atoms with Crippen molar-refractivity contribution >= 4 is 17.3 Å². The molecule has 1 aliphatic rings. The summed E-state index contributed by atoms with van der Waals surface area (Å²) in [6, 6.07) is 5.19. The first kappa shape index (κ1) is 15.9. The smallest absolute Gasteiger partial charge is 0.262 e. The fraction of sp³-hybridized carbons (Fsp3) is 0.250. The second-order valence-corrected chi connectivity index (χ2v) is 5.00. The first-order valence-electron chi connectivity index (χ1n) is 6.72. The van der Waals surface area contributed by atoms with Gasteiger partial charge in [0.05, 0.1) is 5.69 Å². The Labute approximate surface area is 133 Å². The third kappa shape index (κ3) is 2.66. The van der Waals surface area contributed by atoms with Crippen LogP contribution in [0.15, 0.2) is 11.3 Å². The summed E-state index contributed by atoms with van der Waals surface area (Å²) >= 11 is 0. The van der Waals surface area contributed by atoms with Gasteiger partial charge in [-0.05, 0) is 31.9 Å². The minimum absolute atomic E-state index is 0.0458. The molecule has 2 N–H and O–H groups in total. The van der Waals surface area contributed by atoms with Gasteiger partial charge in [0.15, 0.2) is 12.2 Å². The van der Waals surface area contributed by atoms with Crippen molar-refractivity contribution in [3.63, 3.8) is 0 Å². The van der Waals surface area contributed by atoms with Crippen molar-refractivity contribution < 1.29 is 9.53 Å². The number of amides is 1. The highest BCUT2D eigenvalue weighted by Gasteiger charge is 2.25. The Morgan fingerprint density at radius 1 is 1.09 bits per heavy atom. The number of benzene rings is 1. The number of allylic oxidation sites excluding steroid dienone is 2. The van der Waals surface area contributed by atoms with Crippen LogP contribution in [0.4, 0.5) is 11.4 Å². The minimum atomic E-state index is -0.304. The maximum atomic E-state index is 11.6. The van der Waals surface area contributed by atoms with E-state index in [1.807, 2.05) is 19.9 Å². The van der Waals surface area contributed by atoms with Crippen molar-refractivity contribution in [3.8, 4) is 24.0 Å². The van der Waals surface area contributed by atoms with Gasteiger partial charge in [0.2, 0.25) is 0 Å². The second kappa shape index (κ2) is 6.09. The van der Waals surface area contributed by atoms with Crippen LogP contribution < -0.4 is 15.4 Å². The number of nitriles is 3. The third-order valence-electron chi connectivity index (χ3n) is 3.70. The number of carbonyl (C=O) groups is 1. The Hall–Kier alpha value is -3.50. The van der Waals surface area contributed by atoms with E-state index in [2.05, 4.69) is 10.6 Å². The zero-order valence-corrected chi connectivity index (χ0v) is 12.9. The zero-order valence-electron chi connectivity index (χ0n) is 12.9. The summed E-state index contributed by atoms with van der Waals surface area (Å²) in [6.07, 6.45) is 0. The molecule has 0 bridgehead atoms. The van der Waals surface area contributed by atoms with E-state index in [-0.39, 0.29) is 23.8 Å². The van der Waals surface area contributed by atoms with Crippen molar-refractivity contribution in [2.75, 3.05) is 17.2 Å². The lowest BCUT2D eigenvalue weighted by molar-refractivity contribution is -0.118. The van der Waals surface area contributed by atoms with Crippen LogP contribution in [0.5, 0.6) is 5.75 Å². The molecule has 7 nitrogen and oxygen atoms in total. The number of carbonyl (C=O) groups excluding carboxylic acids is 1. The molecule has 1 aromatic carbocycles. The van der Waals surface area contributed by atoms with Crippen molar-refractivity contribution in [1.29, 1.82) is 15.8 Å². The van der Waals surface area contributed by atoms with Gasteiger partial charge in [-0.2, -0.15) is 15.8 Å². The quantitative estimate of drug-likeness (QED) is 0.807. The lowest BCUT2D eigenvalue weighted by Crippen LogP contribution is -2.27. The molecule has 114 valence electrons. The molecule has 7 heteroatoms. The van der Waals surface area contributed by atoms with Crippen LogP contribution in [0.2, 0.25) is 0 Å². The standard InChI is InChI=1S/C16H13N5O2/c1-8-9(2)16-15(21-13(22)7-23-16)10(3)14(8)20-12(6-19)11(4-17)5-18/h20H,7H2,1-3H3,(H,21,22). The number of nitrogens with zero attached hydrogens (tertiary/aromatic N) is 3. The first-order chi connectivity index (χ1) is 10.9. The van der Waals surface area contributed by atoms with Gasteiger partial charge in [-0.25, -0.2) is 0 Å². The fourth-order valence-electron chi connectivity index (χ4n) is 2.36.